The van der Waals surface area contributed by atoms with E-state index >= 15 is 0 Å². The summed E-state index contributed by atoms with van der Waals surface area (Å²) in [4.78, 5) is 11.1. The van der Waals surface area contributed by atoms with Crippen LogP contribution in [0.2, 0.25) is 0 Å². The maximum atomic E-state index is 11.1. The maximum absolute atomic E-state index is 11.1. The Balaban J connectivity index is 2.81. The SMILES string of the molecule is COc1cc2ccc(=O)oc2c(O)c1OS(=O)(=O)O. The summed E-state index contributed by atoms with van der Waals surface area (Å²) in [6.45, 7) is 0. The standard InChI is InChI=1S/C10H8O8S/c1-16-6-4-5-2-3-7(11)17-9(5)8(12)10(6)18-19(13,14)15/h2-4,12H,1H3,(H,13,14,15). The number of hydrogen-bond acceptors (Lipinski definition) is 7. The fraction of sp³-hybridized carbons (Fsp3) is 0.100. The molecule has 0 bridgehead atoms. The largest absolute Gasteiger partial charge is 0.502 e. The van der Waals surface area contributed by atoms with Gasteiger partial charge in [-0.3, -0.25) is 4.55 Å². The summed E-state index contributed by atoms with van der Waals surface area (Å²) < 4.78 is 43.8. The summed E-state index contributed by atoms with van der Waals surface area (Å²) in [5.74, 6) is -1.60. The highest BCUT2D eigenvalue weighted by molar-refractivity contribution is 7.81. The van der Waals surface area contributed by atoms with Gasteiger partial charge in [-0.1, -0.05) is 0 Å². The van der Waals surface area contributed by atoms with E-state index in [9.17, 15) is 18.3 Å². The number of methoxy groups -OCH3 is 1. The predicted octanol–water partition coefficient (Wildman–Crippen LogP) is 0.689. The third-order valence-corrected chi connectivity index (χ3v) is 2.59. The Bertz CT molecular complexity index is 789. The van der Waals surface area contributed by atoms with E-state index in [1.54, 1.807) is 0 Å². The second-order valence-corrected chi connectivity index (χ2v) is 4.46. The van der Waals surface area contributed by atoms with Gasteiger partial charge in [-0.2, -0.15) is 8.42 Å². The smallest absolute Gasteiger partial charge is 0.446 e. The average molecular weight is 288 g/mol. The quantitative estimate of drug-likeness (QED) is 0.624. The molecule has 2 rings (SSSR count). The van der Waals surface area contributed by atoms with Gasteiger partial charge < -0.3 is 18.4 Å². The molecule has 2 N–H and O–H groups in total. The average Bonchev–Trinajstić information content (AvgIpc) is 2.32. The summed E-state index contributed by atoms with van der Waals surface area (Å²) in [6.07, 6.45) is 0. The van der Waals surface area contributed by atoms with Crippen molar-refractivity contribution >= 4 is 21.4 Å². The van der Waals surface area contributed by atoms with Gasteiger partial charge in [0.2, 0.25) is 11.5 Å². The Morgan fingerprint density at radius 1 is 1.32 bits per heavy atom. The van der Waals surface area contributed by atoms with E-state index in [2.05, 4.69) is 4.18 Å². The van der Waals surface area contributed by atoms with Crippen molar-refractivity contribution in [3.8, 4) is 17.2 Å². The summed E-state index contributed by atoms with van der Waals surface area (Å²) in [5, 5.41) is 10.1. The van der Waals surface area contributed by atoms with Gasteiger partial charge in [0, 0.05) is 11.5 Å². The number of benzene rings is 1. The van der Waals surface area contributed by atoms with E-state index in [1.807, 2.05) is 0 Å². The normalized spacial score (nSPS) is 11.5. The topological polar surface area (TPSA) is 123 Å². The molecule has 0 radical (unpaired) electrons. The molecule has 0 aliphatic heterocycles. The van der Waals surface area contributed by atoms with Crippen molar-refractivity contribution < 1.29 is 31.4 Å². The van der Waals surface area contributed by atoms with Crippen LogP contribution >= 0.6 is 0 Å². The van der Waals surface area contributed by atoms with Crippen LogP contribution in [0.15, 0.2) is 27.4 Å². The highest BCUT2D eigenvalue weighted by Crippen LogP contribution is 2.42. The van der Waals surface area contributed by atoms with Crippen molar-refractivity contribution in [3.63, 3.8) is 0 Å². The molecule has 8 nitrogen and oxygen atoms in total. The van der Waals surface area contributed by atoms with Crippen LogP contribution < -0.4 is 14.5 Å². The molecule has 0 spiro atoms. The Labute approximate surface area is 106 Å². The van der Waals surface area contributed by atoms with Crippen molar-refractivity contribution in [2.24, 2.45) is 0 Å². The zero-order valence-electron chi connectivity index (χ0n) is 9.48. The zero-order chi connectivity index (χ0) is 14.2. The summed E-state index contributed by atoms with van der Waals surface area (Å²) in [5.41, 5.74) is -1.03. The molecule has 0 amide bonds. The van der Waals surface area contributed by atoms with E-state index in [0.29, 0.717) is 0 Å². The van der Waals surface area contributed by atoms with Crippen molar-refractivity contribution in [2.75, 3.05) is 7.11 Å². The molecule has 1 aromatic carbocycles. The minimum atomic E-state index is -4.87. The molecule has 1 aromatic heterocycles. The first kappa shape index (κ1) is 13.2. The molecule has 0 aliphatic rings. The molecule has 0 aliphatic carbocycles. The van der Waals surface area contributed by atoms with Gasteiger partial charge in [-0.15, -0.1) is 0 Å². The second kappa shape index (κ2) is 4.44. The third-order valence-electron chi connectivity index (χ3n) is 2.21. The molecule has 0 saturated heterocycles. The fourth-order valence-corrected chi connectivity index (χ4v) is 1.86. The molecule has 0 unspecified atom stereocenters. The molecule has 9 heteroatoms. The first-order chi connectivity index (χ1) is 8.81. The molecular formula is C10H8O8S. The van der Waals surface area contributed by atoms with Crippen LogP contribution in [0.5, 0.6) is 17.2 Å². The van der Waals surface area contributed by atoms with Crippen molar-refractivity contribution in [2.45, 2.75) is 0 Å². The minimum absolute atomic E-state index is 0.156. The van der Waals surface area contributed by atoms with Crippen molar-refractivity contribution in [1.82, 2.24) is 0 Å². The van der Waals surface area contributed by atoms with E-state index in [0.717, 1.165) is 6.07 Å². The van der Waals surface area contributed by atoms with Gasteiger partial charge >= 0.3 is 16.0 Å². The molecule has 0 fully saturated rings. The Morgan fingerprint density at radius 2 is 2.00 bits per heavy atom. The van der Waals surface area contributed by atoms with Gasteiger partial charge in [-0.25, -0.2) is 4.79 Å². The Morgan fingerprint density at radius 3 is 2.58 bits per heavy atom. The van der Waals surface area contributed by atoms with Crippen LogP contribution in [0.1, 0.15) is 0 Å². The highest BCUT2D eigenvalue weighted by atomic mass is 32.3. The van der Waals surface area contributed by atoms with Crippen molar-refractivity contribution in [3.05, 3.63) is 28.6 Å². The van der Waals surface area contributed by atoms with Crippen LogP contribution in [0.25, 0.3) is 11.0 Å². The Kier molecular flexibility index (Phi) is 3.08. The van der Waals surface area contributed by atoms with E-state index in [4.69, 9.17) is 13.7 Å². The lowest BCUT2D eigenvalue weighted by atomic mass is 10.2. The number of fused-ring (bicyclic) bond motifs is 1. The number of phenolic OH excluding ortho intramolecular Hbond substituents is 1. The maximum Gasteiger partial charge on any atom is 0.446 e. The monoisotopic (exact) mass is 288 g/mol. The van der Waals surface area contributed by atoms with Gasteiger partial charge in [0.25, 0.3) is 0 Å². The number of aromatic hydroxyl groups is 1. The fourth-order valence-electron chi connectivity index (χ4n) is 1.49. The van der Waals surface area contributed by atoms with Crippen LogP contribution in [0.4, 0.5) is 0 Å². The van der Waals surface area contributed by atoms with Crippen LogP contribution in [-0.2, 0) is 10.4 Å². The predicted molar refractivity (Wildman–Crippen MR) is 62.9 cm³/mol. The Hall–Kier alpha value is -2.26. The van der Waals surface area contributed by atoms with Crippen LogP contribution in [-0.4, -0.2) is 25.2 Å². The number of phenols is 1. The van der Waals surface area contributed by atoms with Gasteiger partial charge in [0.1, 0.15) is 0 Å². The van der Waals surface area contributed by atoms with Gasteiger partial charge in [-0.05, 0) is 12.1 Å². The van der Waals surface area contributed by atoms with Crippen LogP contribution in [0.3, 0.4) is 0 Å². The molecular weight excluding hydrogens is 280 g/mol. The second-order valence-electron chi connectivity index (χ2n) is 3.44. The zero-order valence-corrected chi connectivity index (χ0v) is 10.3. The number of hydrogen-bond donors (Lipinski definition) is 2. The first-order valence-corrected chi connectivity index (χ1v) is 6.19. The van der Waals surface area contributed by atoms with E-state index in [-0.39, 0.29) is 16.7 Å². The van der Waals surface area contributed by atoms with Gasteiger partial charge in [0.15, 0.2) is 11.3 Å². The lowest BCUT2D eigenvalue weighted by molar-refractivity contribution is 0.344. The lowest BCUT2D eigenvalue weighted by Gasteiger charge is -2.10. The van der Waals surface area contributed by atoms with Crippen LogP contribution in [0, 0.1) is 0 Å². The molecule has 2 aromatic rings. The van der Waals surface area contributed by atoms with E-state index in [1.165, 1.54) is 19.2 Å². The number of ether oxygens (including phenoxy) is 1. The molecule has 102 valence electrons. The van der Waals surface area contributed by atoms with Crippen molar-refractivity contribution in [1.29, 1.82) is 0 Å². The third kappa shape index (κ3) is 2.61. The van der Waals surface area contributed by atoms with Gasteiger partial charge in [0.05, 0.1) is 7.11 Å². The lowest BCUT2D eigenvalue weighted by Crippen LogP contribution is -2.08. The summed E-state index contributed by atoms with van der Waals surface area (Å²) in [6, 6.07) is 3.74. The molecule has 19 heavy (non-hydrogen) atoms. The van der Waals surface area contributed by atoms with E-state index < -0.39 is 27.5 Å². The molecule has 0 saturated carbocycles. The summed E-state index contributed by atoms with van der Waals surface area (Å²) >= 11 is 0. The highest BCUT2D eigenvalue weighted by Gasteiger charge is 2.21. The first-order valence-electron chi connectivity index (χ1n) is 4.82. The minimum Gasteiger partial charge on any atom is -0.502 e. The summed E-state index contributed by atoms with van der Waals surface area (Å²) in [7, 11) is -3.67. The molecule has 1 heterocycles. The molecule has 0 atom stereocenters. The number of rotatable bonds is 3.